The molecule has 1 aromatic carbocycles. The number of nitrogens with zero attached hydrogens (tertiary/aromatic N) is 3. The molecule has 6 nitrogen and oxygen atoms in total. The Balaban J connectivity index is 1.76. The molecule has 0 spiro atoms. The monoisotopic (exact) mass is 427 g/mol. The molecule has 2 aliphatic heterocycles. The van der Waals surface area contributed by atoms with E-state index in [1.165, 1.54) is 20.0 Å². The number of piperazine rings is 1. The number of hydrogen-bond acceptors (Lipinski definition) is 4. The van der Waals surface area contributed by atoms with Crippen LogP contribution in [-0.4, -0.2) is 78.6 Å². The standard InChI is InChI=1S/C20H27Cl2N3O3/c1-14(23-7-3-4-8-23)18-13-24(20(27)28-2)9-10-25(18)19(26)12-15-5-6-16(21)17(22)11-15/h5-6,11,14,18H,3-4,7-10,12-13H2,1-2H3/t14-,18-/m1/s1. The Bertz CT molecular complexity index is 725. The van der Waals surface area contributed by atoms with Crippen LogP contribution in [0.2, 0.25) is 10.0 Å². The summed E-state index contributed by atoms with van der Waals surface area (Å²) in [6.45, 7) is 5.67. The van der Waals surface area contributed by atoms with Crippen molar-refractivity contribution < 1.29 is 14.3 Å². The molecule has 2 atom stereocenters. The van der Waals surface area contributed by atoms with Crippen LogP contribution in [0.15, 0.2) is 18.2 Å². The Morgan fingerprint density at radius 1 is 1.14 bits per heavy atom. The molecule has 0 N–H and O–H groups in total. The Morgan fingerprint density at radius 3 is 2.50 bits per heavy atom. The fourth-order valence-corrected chi connectivity index (χ4v) is 4.47. The van der Waals surface area contributed by atoms with E-state index in [0.29, 0.717) is 29.7 Å². The Hall–Kier alpha value is -1.50. The van der Waals surface area contributed by atoms with Crippen molar-refractivity contribution in [3.05, 3.63) is 33.8 Å². The molecule has 0 aliphatic carbocycles. The summed E-state index contributed by atoms with van der Waals surface area (Å²) >= 11 is 12.1. The summed E-state index contributed by atoms with van der Waals surface area (Å²) in [7, 11) is 1.39. The molecule has 0 radical (unpaired) electrons. The van der Waals surface area contributed by atoms with Crippen LogP contribution in [0.5, 0.6) is 0 Å². The van der Waals surface area contributed by atoms with Crippen LogP contribution in [0.1, 0.15) is 25.3 Å². The predicted molar refractivity (Wildman–Crippen MR) is 110 cm³/mol. The fraction of sp³-hybridized carbons (Fsp3) is 0.600. The highest BCUT2D eigenvalue weighted by Crippen LogP contribution is 2.25. The largest absolute Gasteiger partial charge is 0.453 e. The molecule has 3 rings (SSSR count). The van der Waals surface area contributed by atoms with Crippen molar-refractivity contribution in [2.75, 3.05) is 39.8 Å². The smallest absolute Gasteiger partial charge is 0.409 e. The maximum Gasteiger partial charge on any atom is 0.409 e. The van der Waals surface area contributed by atoms with E-state index in [9.17, 15) is 9.59 Å². The predicted octanol–water partition coefficient (Wildman–Crippen LogP) is 3.30. The minimum absolute atomic E-state index is 0.0407. The lowest BCUT2D eigenvalue weighted by Crippen LogP contribution is -2.62. The summed E-state index contributed by atoms with van der Waals surface area (Å²) in [5.74, 6) is 0.0407. The molecule has 2 saturated heterocycles. The quantitative estimate of drug-likeness (QED) is 0.739. The second kappa shape index (κ2) is 9.33. The summed E-state index contributed by atoms with van der Waals surface area (Å²) in [5, 5.41) is 0.926. The minimum atomic E-state index is -0.338. The zero-order chi connectivity index (χ0) is 20.3. The van der Waals surface area contributed by atoms with Crippen LogP contribution in [0.3, 0.4) is 0 Å². The summed E-state index contributed by atoms with van der Waals surface area (Å²) in [5.41, 5.74) is 0.836. The third kappa shape index (κ3) is 4.73. The van der Waals surface area contributed by atoms with Crippen LogP contribution < -0.4 is 0 Å². The van der Waals surface area contributed by atoms with E-state index >= 15 is 0 Å². The average molecular weight is 428 g/mol. The summed E-state index contributed by atoms with van der Waals surface area (Å²) in [4.78, 5) is 31.2. The topological polar surface area (TPSA) is 53.1 Å². The number of halogens is 2. The van der Waals surface area contributed by atoms with Crippen molar-refractivity contribution >= 4 is 35.2 Å². The van der Waals surface area contributed by atoms with Crippen LogP contribution in [0.4, 0.5) is 4.79 Å². The molecule has 0 aromatic heterocycles. The highest BCUT2D eigenvalue weighted by Gasteiger charge is 2.38. The normalized spacial score (nSPS) is 21.6. The highest BCUT2D eigenvalue weighted by atomic mass is 35.5. The highest BCUT2D eigenvalue weighted by molar-refractivity contribution is 6.42. The van der Waals surface area contributed by atoms with Gasteiger partial charge in [-0.05, 0) is 50.6 Å². The maximum absolute atomic E-state index is 13.1. The first-order valence-electron chi connectivity index (χ1n) is 9.71. The molecule has 2 fully saturated rings. The third-order valence-corrected chi connectivity index (χ3v) is 6.52. The van der Waals surface area contributed by atoms with Gasteiger partial charge in [-0.1, -0.05) is 29.3 Å². The Labute approximate surface area is 176 Å². The number of rotatable bonds is 4. The number of carbonyl (C=O) groups is 2. The molecule has 0 saturated carbocycles. The SMILES string of the molecule is COC(=O)N1CCN(C(=O)Cc2ccc(Cl)c(Cl)c2)[C@@H]([C@@H](C)N2CCCC2)C1. The lowest BCUT2D eigenvalue weighted by molar-refractivity contribution is -0.137. The van der Waals surface area contributed by atoms with E-state index in [0.717, 1.165) is 18.7 Å². The van der Waals surface area contributed by atoms with E-state index in [-0.39, 0.29) is 30.5 Å². The lowest BCUT2D eigenvalue weighted by Gasteiger charge is -2.45. The summed E-state index contributed by atoms with van der Waals surface area (Å²) in [6, 6.07) is 5.39. The molecule has 2 heterocycles. The Morgan fingerprint density at radius 2 is 1.86 bits per heavy atom. The van der Waals surface area contributed by atoms with Gasteiger partial charge in [0.2, 0.25) is 5.91 Å². The fourth-order valence-electron chi connectivity index (χ4n) is 4.15. The van der Waals surface area contributed by atoms with Crippen LogP contribution in [0.25, 0.3) is 0 Å². The number of amides is 2. The third-order valence-electron chi connectivity index (χ3n) is 5.78. The first kappa shape index (κ1) is 21.2. The second-order valence-corrected chi connectivity index (χ2v) is 8.29. The Kier molecular flexibility index (Phi) is 7.07. The number of methoxy groups -OCH3 is 1. The lowest BCUT2D eigenvalue weighted by atomic mass is 10.0. The van der Waals surface area contributed by atoms with Gasteiger partial charge < -0.3 is 14.5 Å². The van der Waals surface area contributed by atoms with Crippen LogP contribution in [0, 0.1) is 0 Å². The average Bonchev–Trinajstić information content (AvgIpc) is 3.24. The molecule has 0 unspecified atom stereocenters. The van der Waals surface area contributed by atoms with Gasteiger partial charge in [0.05, 0.1) is 29.6 Å². The van der Waals surface area contributed by atoms with Crippen molar-refractivity contribution in [3.63, 3.8) is 0 Å². The van der Waals surface area contributed by atoms with Gasteiger partial charge in [0, 0.05) is 25.7 Å². The van der Waals surface area contributed by atoms with Gasteiger partial charge in [0.25, 0.3) is 0 Å². The van der Waals surface area contributed by atoms with Crippen molar-refractivity contribution in [1.82, 2.24) is 14.7 Å². The van der Waals surface area contributed by atoms with E-state index in [1.807, 2.05) is 11.0 Å². The molecule has 8 heteroatoms. The summed E-state index contributed by atoms with van der Waals surface area (Å²) < 4.78 is 4.90. The van der Waals surface area contributed by atoms with Gasteiger partial charge in [-0.25, -0.2) is 4.79 Å². The number of likely N-dealkylation sites (tertiary alicyclic amines) is 1. The van der Waals surface area contributed by atoms with Gasteiger partial charge >= 0.3 is 6.09 Å². The molecule has 2 aliphatic rings. The minimum Gasteiger partial charge on any atom is -0.453 e. The van der Waals surface area contributed by atoms with Gasteiger partial charge in [0.1, 0.15) is 0 Å². The van der Waals surface area contributed by atoms with E-state index in [2.05, 4.69) is 11.8 Å². The first-order valence-corrected chi connectivity index (χ1v) is 10.5. The second-order valence-electron chi connectivity index (χ2n) is 7.48. The molecule has 28 heavy (non-hydrogen) atoms. The molecule has 154 valence electrons. The van der Waals surface area contributed by atoms with Crippen molar-refractivity contribution in [2.45, 2.75) is 38.3 Å². The molecule has 0 bridgehead atoms. The van der Waals surface area contributed by atoms with Crippen molar-refractivity contribution in [2.24, 2.45) is 0 Å². The van der Waals surface area contributed by atoms with Gasteiger partial charge in [-0.2, -0.15) is 0 Å². The number of hydrogen-bond donors (Lipinski definition) is 0. The van der Waals surface area contributed by atoms with E-state index in [1.54, 1.807) is 17.0 Å². The number of benzene rings is 1. The van der Waals surface area contributed by atoms with Crippen LogP contribution >= 0.6 is 23.2 Å². The number of carbonyl (C=O) groups excluding carboxylic acids is 2. The van der Waals surface area contributed by atoms with E-state index < -0.39 is 0 Å². The van der Waals surface area contributed by atoms with Crippen molar-refractivity contribution in [1.29, 1.82) is 0 Å². The van der Waals surface area contributed by atoms with Crippen LogP contribution in [-0.2, 0) is 16.0 Å². The summed E-state index contributed by atoms with van der Waals surface area (Å²) in [6.07, 6.45) is 2.28. The van der Waals surface area contributed by atoms with E-state index in [4.69, 9.17) is 27.9 Å². The van der Waals surface area contributed by atoms with Gasteiger partial charge in [-0.15, -0.1) is 0 Å². The molecular formula is C20H27Cl2N3O3. The molecule has 1 aromatic rings. The zero-order valence-corrected chi connectivity index (χ0v) is 17.9. The maximum atomic E-state index is 13.1. The van der Waals surface area contributed by atoms with Crippen molar-refractivity contribution in [3.8, 4) is 0 Å². The van der Waals surface area contributed by atoms with Gasteiger partial charge in [0.15, 0.2) is 0 Å². The van der Waals surface area contributed by atoms with Gasteiger partial charge in [-0.3, -0.25) is 9.69 Å². The first-order chi connectivity index (χ1) is 13.4. The molecule has 2 amide bonds. The molecular weight excluding hydrogens is 401 g/mol. The number of ether oxygens (including phenoxy) is 1. The zero-order valence-electron chi connectivity index (χ0n) is 16.4.